The molecule has 0 saturated carbocycles. The SMILES string of the molecule is CCCCCCCCCCC/C=C/CC/C=C/[C@@H](O)[C@H](CO)NC(=O)CCCCCCCCCCCCCCCCCCC. The molecule has 0 bridgehead atoms. The second-order valence-electron chi connectivity index (χ2n) is 13.3. The molecule has 260 valence electrons. The average Bonchev–Trinajstić information content (AvgIpc) is 3.03. The maximum Gasteiger partial charge on any atom is 0.220 e. The molecule has 0 unspecified atom stereocenters. The van der Waals surface area contributed by atoms with Gasteiger partial charge in [0.1, 0.15) is 0 Å². The van der Waals surface area contributed by atoms with Gasteiger partial charge in [0.05, 0.1) is 18.8 Å². The highest BCUT2D eigenvalue weighted by molar-refractivity contribution is 5.76. The predicted molar refractivity (Wildman–Crippen MR) is 193 cm³/mol. The Morgan fingerprint density at radius 1 is 0.523 bits per heavy atom. The van der Waals surface area contributed by atoms with Crippen molar-refractivity contribution in [2.75, 3.05) is 6.61 Å². The van der Waals surface area contributed by atoms with Crippen LogP contribution in [0.25, 0.3) is 0 Å². The van der Waals surface area contributed by atoms with Crippen LogP contribution in [-0.2, 0) is 4.79 Å². The second-order valence-corrected chi connectivity index (χ2v) is 13.3. The molecule has 2 atom stereocenters. The van der Waals surface area contributed by atoms with E-state index in [9.17, 15) is 15.0 Å². The normalized spacial score (nSPS) is 13.3. The Morgan fingerprint density at radius 3 is 1.32 bits per heavy atom. The molecule has 0 saturated heterocycles. The lowest BCUT2D eigenvalue weighted by Crippen LogP contribution is -2.45. The monoisotopic (exact) mass is 620 g/mol. The van der Waals surface area contributed by atoms with E-state index in [4.69, 9.17) is 0 Å². The van der Waals surface area contributed by atoms with E-state index in [0.29, 0.717) is 6.42 Å². The lowest BCUT2D eigenvalue weighted by molar-refractivity contribution is -0.123. The van der Waals surface area contributed by atoms with Crippen molar-refractivity contribution in [2.24, 2.45) is 0 Å². The molecule has 0 aromatic carbocycles. The Morgan fingerprint density at radius 2 is 0.886 bits per heavy atom. The van der Waals surface area contributed by atoms with Crippen molar-refractivity contribution in [3.63, 3.8) is 0 Å². The molecular formula is C40H77NO3. The number of hydrogen-bond acceptors (Lipinski definition) is 3. The van der Waals surface area contributed by atoms with Gasteiger partial charge >= 0.3 is 0 Å². The van der Waals surface area contributed by atoms with Crippen LogP contribution < -0.4 is 5.32 Å². The quantitative estimate of drug-likeness (QED) is 0.0488. The predicted octanol–water partition coefficient (Wildman–Crippen LogP) is 11.7. The summed E-state index contributed by atoms with van der Waals surface area (Å²) in [6.45, 7) is 4.29. The van der Waals surface area contributed by atoms with E-state index in [1.54, 1.807) is 6.08 Å². The lowest BCUT2D eigenvalue weighted by atomic mass is 10.0. The number of amides is 1. The molecule has 0 heterocycles. The summed E-state index contributed by atoms with van der Waals surface area (Å²) in [5.74, 6) is -0.0723. The molecule has 0 aromatic rings. The summed E-state index contributed by atoms with van der Waals surface area (Å²) in [4.78, 5) is 12.3. The van der Waals surface area contributed by atoms with Crippen LogP contribution >= 0.6 is 0 Å². The molecule has 0 aromatic heterocycles. The van der Waals surface area contributed by atoms with Gasteiger partial charge in [0.15, 0.2) is 0 Å². The number of aliphatic hydroxyl groups is 2. The Hall–Kier alpha value is -1.13. The minimum absolute atomic E-state index is 0.0723. The summed E-state index contributed by atoms with van der Waals surface area (Å²) in [6, 6.07) is -0.633. The van der Waals surface area contributed by atoms with E-state index < -0.39 is 12.1 Å². The van der Waals surface area contributed by atoms with Crippen LogP contribution in [0.1, 0.15) is 206 Å². The topological polar surface area (TPSA) is 69.6 Å². The zero-order chi connectivity index (χ0) is 32.2. The van der Waals surface area contributed by atoms with Crippen molar-refractivity contribution in [1.29, 1.82) is 0 Å². The summed E-state index contributed by atoms with van der Waals surface area (Å²) in [5, 5.41) is 22.9. The second kappa shape index (κ2) is 36.3. The smallest absolute Gasteiger partial charge is 0.220 e. The Bertz CT molecular complexity index is 632. The highest BCUT2D eigenvalue weighted by atomic mass is 16.3. The van der Waals surface area contributed by atoms with Crippen LogP contribution in [0.3, 0.4) is 0 Å². The summed E-state index contributed by atoms with van der Waals surface area (Å²) < 4.78 is 0. The lowest BCUT2D eigenvalue weighted by Gasteiger charge is -2.19. The van der Waals surface area contributed by atoms with E-state index in [0.717, 1.165) is 32.1 Å². The van der Waals surface area contributed by atoms with Crippen molar-refractivity contribution in [3.8, 4) is 0 Å². The average molecular weight is 620 g/mol. The van der Waals surface area contributed by atoms with E-state index >= 15 is 0 Å². The molecule has 44 heavy (non-hydrogen) atoms. The number of carbonyl (C=O) groups is 1. The molecule has 0 aliphatic rings. The molecule has 3 N–H and O–H groups in total. The number of carbonyl (C=O) groups excluding carboxylic acids is 1. The summed E-state index contributed by atoms with van der Waals surface area (Å²) in [6.07, 6.45) is 45.5. The van der Waals surface area contributed by atoms with Gasteiger partial charge in [0.2, 0.25) is 5.91 Å². The third kappa shape index (κ3) is 32.3. The first kappa shape index (κ1) is 42.9. The molecule has 0 rings (SSSR count). The van der Waals surface area contributed by atoms with E-state index in [-0.39, 0.29) is 12.5 Å². The molecular weight excluding hydrogens is 542 g/mol. The van der Waals surface area contributed by atoms with Crippen molar-refractivity contribution in [3.05, 3.63) is 24.3 Å². The number of hydrogen-bond donors (Lipinski definition) is 3. The van der Waals surface area contributed by atoms with Crippen molar-refractivity contribution >= 4 is 5.91 Å². The highest BCUT2D eigenvalue weighted by Crippen LogP contribution is 2.15. The third-order valence-electron chi connectivity index (χ3n) is 8.94. The zero-order valence-corrected chi connectivity index (χ0v) is 29.7. The van der Waals surface area contributed by atoms with Gasteiger partial charge in [-0.1, -0.05) is 192 Å². The first-order valence-electron chi connectivity index (χ1n) is 19.6. The Balaban J connectivity index is 3.62. The molecule has 1 amide bonds. The fourth-order valence-electron chi connectivity index (χ4n) is 5.90. The standard InChI is InChI=1S/C40H77NO3/c1-3-5-7-9-11-13-15-17-19-20-22-24-26-28-30-32-34-36-40(44)41-38(37-42)39(43)35-33-31-29-27-25-23-21-18-16-14-12-10-8-6-4-2/h25,27,33,35,38-39,42-43H,3-24,26,28-32,34,36-37H2,1-2H3,(H,41,44)/b27-25+,35-33+/t38-,39+/m0/s1. The number of aliphatic hydroxyl groups excluding tert-OH is 2. The van der Waals surface area contributed by atoms with Crippen molar-refractivity contribution in [1.82, 2.24) is 5.32 Å². The zero-order valence-electron chi connectivity index (χ0n) is 29.7. The molecule has 0 radical (unpaired) electrons. The van der Waals surface area contributed by atoms with Crippen LogP contribution in [0, 0.1) is 0 Å². The van der Waals surface area contributed by atoms with Crippen LogP contribution in [0.15, 0.2) is 24.3 Å². The number of nitrogens with one attached hydrogen (secondary N) is 1. The number of unbranched alkanes of at least 4 members (excludes halogenated alkanes) is 26. The van der Waals surface area contributed by atoms with Gasteiger partial charge in [-0.2, -0.15) is 0 Å². The van der Waals surface area contributed by atoms with Gasteiger partial charge in [0, 0.05) is 6.42 Å². The third-order valence-corrected chi connectivity index (χ3v) is 8.94. The minimum Gasteiger partial charge on any atom is -0.394 e. The van der Waals surface area contributed by atoms with E-state index in [1.807, 2.05) is 6.08 Å². The maximum absolute atomic E-state index is 12.3. The Labute approximate surface area is 275 Å². The van der Waals surface area contributed by atoms with Gasteiger partial charge in [0.25, 0.3) is 0 Å². The van der Waals surface area contributed by atoms with Crippen molar-refractivity contribution < 1.29 is 15.0 Å². The Kier molecular flexibility index (Phi) is 35.4. The maximum atomic E-state index is 12.3. The van der Waals surface area contributed by atoms with Gasteiger partial charge in [-0.05, 0) is 32.1 Å². The fraction of sp³-hybridized carbons (Fsp3) is 0.875. The summed E-state index contributed by atoms with van der Waals surface area (Å²) in [5.41, 5.74) is 0. The largest absolute Gasteiger partial charge is 0.394 e. The van der Waals surface area contributed by atoms with Gasteiger partial charge < -0.3 is 15.5 Å². The van der Waals surface area contributed by atoms with Gasteiger partial charge in [-0.15, -0.1) is 0 Å². The summed E-state index contributed by atoms with van der Waals surface area (Å²) >= 11 is 0. The van der Waals surface area contributed by atoms with Crippen LogP contribution in [0.5, 0.6) is 0 Å². The number of rotatable bonds is 35. The van der Waals surface area contributed by atoms with Crippen molar-refractivity contribution in [2.45, 2.75) is 219 Å². The van der Waals surface area contributed by atoms with Gasteiger partial charge in [-0.3, -0.25) is 4.79 Å². The minimum atomic E-state index is -0.856. The molecule has 0 fully saturated rings. The first-order chi connectivity index (χ1) is 21.7. The fourth-order valence-corrected chi connectivity index (χ4v) is 5.90. The molecule has 4 heteroatoms. The molecule has 0 aliphatic carbocycles. The molecule has 0 aliphatic heterocycles. The summed E-state index contributed by atoms with van der Waals surface area (Å²) in [7, 11) is 0. The molecule has 4 nitrogen and oxygen atoms in total. The van der Waals surface area contributed by atoms with Gasteiger partial charge in [-0.25, -0.2) is 0 Å². The first-order valence-corrected chi connectivity index (χ1v) is 19.6. The van der Waals surface area contributed by atoms with Crippen LogP contribution in [0.4, 0.5) is 0 Å². The highest BCUT2D eigenvalue weighted by Gasteiger charge is 2.17. The van der Waals surface area contributed by atoms with Crippen LogP contribution in [0.2, 0.25) is 0 Å². The molecule has 0 spiro atoms. The van der Waals surface area contributed by atoms with E-state index in [1.165, 1.54) is 154 Å². The van der Waals surface area contributed by atoms with E-state index in [2.05, 4.69) is 31.3 Å². The van der Waals surface area contributed by atoms with Crippen LogP contribution in [-0.4, -0.2) is 34.9 Å². The number of allylic oxidation sites excluding steroid dienone is 3.